The molecule has 0 aliphatic rings. The zero-order valence-electron chi connectivity index (χ0n) is 6.34. The number of nitrogen functional groups attached to an aromatic ring is 2. The van der Waals surface area contributed by atoms with E-state index in [0.717, 1.165) is 9.36 Å². The number of nitrogens with two attached hydrogens (primary N) is 2. The first kappa shape index (κ1) is 7.27. The molecule has 0 radical (unpaired) electrons. The Hall–Kier alpha value is -2.39. The van der Waals surface area contributed by atoms with Gasteiger partial charge in [0.1, 0.15) is 0 Å². The summed E-state index contributed by atoms with van der Waals surface area (Å²) in [5.74, 6) is 5.45. The van der Waals surface area contributed by atoms with Crippen molar-refractivity contribution in [3.05, 3.63) is 5.62 Å². The summed E-state index contributed by atoms with van der Waals surface area (Å²) in [4.78, 5) is 0. The standard InChI is InChI=1S/C3H6N10/c4-1-9-13(2(5)12(1)6)3-7-10-11-8-3/h5H,6H2,(H2,4,9)(H,7,8,10,11). The summed E-state index contributed by atoms with van der Waals surface area (Å²) >= 11 is 0. The SMILES string of the molecule is N=c1n(-c2nn[nH]n2)nc(N)n1N. The van der Waals surface area contributed by atoms with Crippen LogP contribution in [0.5, 0.6) is 0 Å². The molecular formula is C3H6N10. The summed E-state index contributed by atoms with van der Waals surface area (Å²) in [5, 5.41) is 23.9. The molecule has 10 heteroatoms. The minimum Gasteiger partial charge on any atom is -0.366 e. The second kappa shape index (κ2) is 2.30. The van der Waals surface area contributed by atoms with Crippen molar-refractivity contribution in [1.82, 2.24) is 35.1 Å². The monoisotopic (exact) mass is 182 g/mol. The molecule has 0 fully saturated rings. The van der Waals surface area contributed by atoms with Gasteiger partial charge in [-0.1, -0.05) is 5.10 Å². The Bertz CT molecular complexity index is 457. The van der Waals surface area contributed by atoms with Gasteiger partial charge in [-0.25, -0.2) is 0 Å². The van der Waals surface area contributed by atoms with Crippen LogP contribution in [0.1, 0.15) is 0 Å². The third-order valence-electron chi connectivity index (χ3n) is 1.40. The average molecular weight is 182 g/mol. The molecule has 2 aromatic rings. The minimum absolute atomic E-state index is 0.00481. The second-order valence-electron chi connectivity index (χ2n) is 2.18. The summed E-state index contributed by atoms with van der Waals surface area (Å²) in [6, 6.07) is 0. The molecule has 2 rings (SSSR count). The minimum atomic E-state index is -0.140. The molecule has 13 heavy (non-hydrogen) atoms. The molecule has 10 nitrogen and oxygen atoms in total. The van der Waals surface area contributed by atoms with E-state index in [2.05, 4.69) is 25.7 Å². The van der Waals surface area contributed by atoms with E-state index in [1.165, 1.54) is 0 Å². The zero-order chi connectivity index (χ0) is 9.42. The summed E-state index contributed by atoms with van der Waals surface area (Å²) in [7, 11) is 0. The Kier molecular flexibility index (Phi) is 1.28. The number of nitrogens with zero attached hydrogens (tertiary/aromatic N) is 6. The van der Waals surface area contributed by atoms with Gasteiger partial charge in [0.15, 0.2) is 0 Å². The van der Waals surface area contributed by atoms with Gasteiger partial charge in [0.2, 0.25) is 11.6 Å². The molecule has 0 spiro atoms. The van der Waals surface area contributed by atoms with Gasteiger partial charge < -0.3 is 11.6 Å². The van der Waals surface area contributed by atoms with Gasteiger partial charge in [0.05, 0.1) is 0 Å². The van der Waals surface area contributed by atoms with Crippen molar-refractivity contribution >= 4 is 5.95 Å². The lowest BCUT2D eigenvalue weighted by Gasteiger charge is -1.89. The fourth-order valence-corrected chi connectivity index (χ4v) is 0.794. The van der Waals surface area contributed by atoms with Gasteiger partial charge >= 0.3 is 0 Å². The third-order valence-corrected chi connectivity index (χ3v) is 1.40. The maximum absolute atomic E-state index is 7.43. The molecule has 0 bridgehead atoms. The van der Waals surface area contributed by atoms with Crippen molar-refractivity contribution in [3.8, 4) is 5.95 Å². The van der Waals surface area contributed by atoms with Crippen LogP contribution in [-0.4, -0.2) is 35.1 Å². The van der Waals surface area contributed by atoms with Crippen LogP contribution in [0.15, 0.2) is 0 Å². The van der Waals surface area contributed by atoms with E-state index in [4.69, 9.17) is 17.0 Å². The summed E-state index contributed by atoms with van der Waals surface area (Å²) < 4.78 is 1.95. The molecule has 0 unspecified atom stereocenters. The van der Waals surface area contributed by atoms with E-state index in [0.29, 0.717) is 0 Å². The van der Waals surface area contributed by atoms with Gasteiger partial charge in [0, 0.05) is 0 Å². The maximum Gasteiger partial charge on any atom is 0.293 e. The fourth-order valence-electron chi connectivity index (χ4n) is 0.794. The van der Waals surface area contributed by atoms with E-state index in [9.17, 15) is 0 Å². The predicted octanol–water partition coefficient (Wildman–Crippen LogP) is -3.04. The van der Waals surface area contributed by atoms with E-state index in [1.807, 2.05) is 0 Å². The van der Waals surface area contributed by atoms with Crippen molar-refractivity contribution in [2.24, 2.45) is 0 Å². The highest BCUT2D eigenvalue weighted by Gasteiger charge is 2.09. The van der Waals surface area contributed by atoms with Crippen molar-refractivity contribution in [3.63, 3.8) is 0 Å². The number of nitrogens with one attached hydrogen (secondary N) is 2. The average Bonchev–Trinajstić information content (AvgIpc) is 2.70. The van der Waals surface area contributed by atoms with Crippen LogP contribution < -0.4 is 17.2 Å². The highest BCUT2D eigenvalue weighted by molar-refractivity contribution is 5.16. The largest absolute Gasteiger partial charge is 0.366 e. The van der Waals surface area contributed by atoms with Crippen molar-refractivity contribution in [2.75, 3.05) is 11.6 Å². The molecule has 0 atom stereocenters. The van der Waals surface area contributed by atoms with E-state index in [1.54, 1.807) is 0 Å². The molecule has 68 valence electrons. The number of anilines is 1. The maximum atomic E-state index is 7.43. The molecular weight excluding hydrogens is 176 g/mol. The number of H-pyrrole nitrogens is 1. The van der Waals surface area contributed by atoms with Crippen molar-refractivity contribution < 1.29 is 0 Å². The van der Waals surface area contributed by atoms with Gasteiger partial charge in [-0.05, 0) is 5.21 Å². The van der Waals surface area contributed by atoms with Crippen LogP contribution in [0.3, 0.4) is 0 Å². The Morgan fingerprint density at radius 1 is 1.46 bits per heavy atom. The smallest absolute Gasteiger partial charge is 0.293 e. The lowest BCUT2D eigenvalue weighted by atomic mass is 11.0. The molecule has 0 aliphatic heterocycles. The number of hydrogen-bond donors (Lipinski definition) is 4. The summed E-state index contributed by atoms with van der Waals surface area (Å²) in [5.41, 5.74) is 5.21. The lowest BCUT2D eigenvalue weighted by Crippen LogP contribution is -2.30. The van der Waals surface area contributed by atoms with Gasteiger partial charge in [-0.2, -0.15) is 14.6 Å². The van der Waals surface area contributed by atoms with Gasteiger partial charge in [-0.3, -0.25) is 5.41 Å². The third kappa shape index (κ3) is 0.919. The predicted molar refractivity (Wildman–Crippen MR) is 39.7 cm³/mol. The van der Waals surface area contributed by atoms with Crippen LogP contribution in [0, 0.1) is 5.41 Å². The molecule has 0 saturated heterocycles. The molecule has 6 N–H and O–H groups in total. The first-order valence-electron chi connectivity index (χ1n) is 3.21. The van der Waals surface area contributed by atoms with Gasteiger partial charge in [-0.15, -0.1) is 10.2 Å². The quantitative estimate of drug-likeness (QED) is 0.344. The fraction of sp³-hybridized carbons (Fsp3) is 0. The molecule has 0 amide bonds. The second-order valence-corrected chi connectivity index (χ2v) is 2.18. The Balaban J connectivity index is 2.67. The number of hydrogen-bond acceptors (Lipinski definition) is 7. The number of rotatable bonds is 1. The Morgan fingerprint density at radius 2 is 2.23 bits per heavy atom. The number of aromatic nitrogens is 7. The molecule has 2 aromatic heterocycles. The highest BCUT2D eigenvalue weighted by atomic mass is 15.6. The summed E-state index contributed by atoms with van der Waals surface area (Å²) in [6.07, 6.45) is 0. The zero-order valence-corrected chi connectivity index (χ0v) is 6.34. The van der Waals surface area contributed by atoms with Crippen molar-refractivity contribution in [2.45, 2.75) is 0 Å². The lowest BCUT2D eigenvalue weighted by molar-refractivity contribution is 0.730. The molecule has 0 aliphatic carbocycles. The molecule has 0 saturated carbocycles. The Labute approximate surface area is 70.6 Å². The normalized spacial score (nSPS) is 10.5. The number of tetrazole rings is 1. The van der Waals surface area contributed by atoms with E-state index in [-0.39, 0.29) is 17.5 Å². The first-order chi connectivity index (χ1) is 6.20. The number of aromatic amines is 1. The van der Waals surface area contributed by atoms with Crippen LogP contribution >= 0.6 is 0 Å². The van der Waals surface area contributed by atoms with Crippen LogP contribution in [0.4, 0.5) is 5.95 Å². The molecule has 0 aromatic carbocycles. The Morgan fingerprint density at radius 3 is 2.69 bits per heavy atom. The van der Waals surface area contributed by atoms with Crippen molar-refractivity contribution in [1.29, 1.82) is 5.41 Å². The van der Waals surface area contributed by atoms with Crippen LogP contribution in [0.25, 0.3) is 5.95 Å². The van der Waals surface area contributed by atoms with Crippen LogP contribution in [0.2, 0.25) is 0 Å². The topological polar surface area (TPSA) is 153 Å². The van der Waals surface area contributed by atoms with E-state index >= 15 is 0 Å². The summed E-state index contributed by atoms with van der Waals surface area (Å²) in [6.45, 7) is 0. The van der Waals surface area contributed by atoms with Crippen LogP contribution in [-0.2, 0) is 0 Å². The highest BCUT2D eigenvalue weighted by Crippen LogP contribution is 1.92. The molecule has 2 heterocycles. The first-order valence-corrected chi connectivity index (χ1v) is 3.21. The van der Waals surface area contributed by atoms with Gasteiger partial charge in [0.25, 0.3) is 5.95 Å². The van der Waals surface area contributed by atoms with E-state index < -0.39 is 0 Å².